The molecule has 2 nitrogen and oxygen atoms in total. The second-order valence-corrected chi connectivity index (χ2v) is 6.70. The predicted octanol–water partition coefficient (Wildman–Crippen LogP) is 4.25. The summed E-state index contributed by atoms with van der Waals surface area (Å²) < 4.78 is 5.73. The van der Waals surface area contributed by atoms with Gasteiger partial charge >= 0.3 is 0 Å². The molecule has 0 spiro atoms. The SMILES string of the molecule is CCOCC1C2CC[C@@H](CC1c1ccc(Cl)c(Cl)c1)N2. The summed E-state index contributed by atoms with van der Waals surface area (Å²) in [7, 11) is 0. The number of benzene rings is 1. The molecule has 110 valence electrons. The number of rotatable bonds is 4. The fraction of sp³-hybridized carbons (Fsp3) is 0.625. The quantitative estimate of drug-likeness (QED) is 0.897. The van der Waals surface area contributed by atoms with Crippen LogP contribution in [0, 0.1) is 5.92 Å². The van der Waals surface area contributed by atoms with Crippen LogP contribution >= 0.6 is 23.2 Å². The van der Waals surface area contributed by atoms with E-state index >= 15 is 0 Å². The van der Waals surface area contributed by atoms with Crippen molar-refractivity contribution >= 4 is 23.2 Å². The van der Waals surface area contributed by atoms with Gasteiger partial charge in [-0.3, -0.25) is 0 Å². The lowest BCUT2D eigenvalue weighted by atomic mass is 9.77. The molecule has 3 rings (SSSR count). The molecular formula is C16H21Cl2NO. The maximum absolute atomic E-state index is 6.19. The van der Waals surface area contributed by atoms with Crippen LogP contribution in [0.5, 0.6) is 0 Å². The highest BCUT2D eigenvalue weighted by atomic mass is 35.5. The number of halogens is 2. The first-order valence-electron chi connectivity index (χ1n) is 7.47. The summed E-state index contributed by atoms with van der Waals surface area (Å²) in [6, 6.07) is 7.32. The molecule has 0 aromatic heterocycles. The molecule has 2 fully saturated rings. The van der Waals surface area contributed by atoms with Gasteiger partial charge in [-0.1, -0.05) is 29.3 Å². The number of fused-ring (bicyclic) bond motifs is 2. The van der Waals surface area contributed by atoms with E-state index in [0.29, 0.717) is 34.0 Å². The summed E-state index contributed by atoms with van der Waals surface area (Å²) in [5.41, 5.74) is 1.31. The Balaban J connectivity index is 1.85. The van der Waals surface area contributed by atoms with E-state index in [1.54, 1.807) is 0 Å². The Labute approximate surface area is 130 Å². The highest BCUT2D eigenvalue weighted by Gasteiger charge is 2.42. The summed E-state index contributed by atoms with van der Waals surface area (Å²) in [6.45, 7) is 3.66. The Hall–Kier alpha value is -0.280. The minimum Gasteiger partial charge on any atom is -0.381 e. The summed E-state index contributed by atoms with van der Waals surface area (Å²) in [5.74, 6) is 1.06. The smallest absolute Gasteiger partial charge is 0.0595 e. The minimum absolute atomic E-state index is 0.523. The van der Waals surface area contributed by atoms with Crippen LogP contribution in [0.25, 0.3) is 0 Å². The molecule has 0 amide bonds. The lowest BCUT2D eigenvalue weighted by Crippen LogP contribution is -2.46. The highest BCUT2D eigenvalue weighted by molar-refractivity contribution is 6.42. The molecule has 0 radical (unpaired) electrons. The van der Waals surface area contributed by atoms with Crippen LogP contribution in [0.15, 0.2) is 18.2 Å². The van der Waals surface area contributed by atoms with Gasteiger partial charge in [-0.25, -0.2) is 0 Å². The molecule has 2 heterocycles. The molecule has 1 N–H and O–H groups in total. The summed E-state index contributed by atoms with van der Waals surface area (Å²) in [5, 5.41) is 5.03. The number of piperidine rings is 1. The van der Waals surface area contributed by atoms with Crippen molar-refractivity contribution in [1.29, 1.82) is 0 Å². The standard InChI is InChI=1S/C16H21Cl2NO/c1-2-20-9-13-12(8-11-4-6-16(13)19-11)10-3-5-14(17)15(18)7-10/h3,5,7,11-13,16,19H,2,4,6,8-9H2,1H3/t11-,12?,13?,16?/m0/s1. The number of nitrogens with one attached hydrogen (secondary N) is 1. The Bertz CT molecular complexity index is 480. The predicted molar refractivity (Wildman–Crippen MR) is 83.7 cm³/mol. The van der Waals surface area contributed by atoms with Crippen molar-refractivity contribution < 1.29 is 4.74 Å². The van der Waals surface area contributed by atoms with Crippen molar-refractivity contribution in [3.05, 3.63) is 33.8 Å². The third-order valence-electron chi connectivity index (χ3n) is 4.73. The Morgan fingerprint density at radius 1 is 1.25 bits per heavy atom. The average molecular weight is 314 g/mol. The first-order valence-corrected chi connectivity index (χ1v) is 8.23. The fourth-order valence-corrected chi connectivity index (χ4v) is 4.05. The first-order chi connectivity index (χ1) is 9.69. The third kappa shape index (κ3) is 2.85. The van der Waals surface area contributed by atoms with Gasteiger partial charge in [-0.2, -0.15) is 0 Å². The van der Waals surface area contributed by atoms with Crippen LogP contribution in [-0.2, 0) is 4.74 Å². The van der Waals surface area contributed by atoms with Crippen LogP contribution in [0.3, 0.4) is 0 Å². The number of hydrogen-bond donors (Lipinski definition) is 1. The van der Waals surface area contributed by atoms with Crippen LogP contribution < -0.4 is 5.32 Å². The summed E-state index contributed by atoms with van der Waals surface area (Å²) in [4.78, 5) is 0. The molecule has 2 saturated heterocycles. The van der Waals surface area contributed by atoms with Gasteiger partial charge in [0.1, 0.15) is 0 Å². The van der Waals surface area contributed by atoms with Crippen molar-refractivity contribution in [2.75, 3.05) is 13.2 Å². The molecule has 3 unspecified atom stereocenters. The second kappa shape index (κ2) is 6.23. The maximum Gasteiger partial charge on any atom is 0.0595 e. The molecule has 20 heavy (non-hydrogen) atoms. The van der Waals surface area contributed by atoms with Gasteiger partial charge < -0.3 is 10.1 Å². The number of hydrogen-bond acceptors (Lipinski definition) is 2. The van der Waals surface area contributed by atoms with Crippen molar-refractivity contribution in [2.24, 2.45) is 5.92 Å². The molecule has 0 aliphatic carbocycles. The van der Waals surface area contributed by atoms with Crippen LogP contribution in [0.4, 0.5) is 0 Å². The van der Waals surface area contributed by atoms with E-state index in [-0.39, 0.29) is 0 Å². The van der Waals surface area contributed by atoms with Crippen molar-refractivity contribution in [1.82, 2.24) is 5.32 Å². The molecule has 1 aromatic rings. The van der Waals surface area contributed by atoms with Crippen LogP contribution in [-0.4, -0.2) is 25.3 Å². The van der Waals surface area contributed by atoms with E-state index in [1.165, 1.54) is 24.8 Å². The molecule has 4 heteroatoms. The normalized spacial score (nSPS) is 32.5. The number of ether oxygens (including phenoxy) is 1. The van der Waals surface area contributed by atoms with Gasteiger partial charge in [0.05, 0.1) is 16.7 Å². The van der Waals surface area contributed by atoms with E-state index in [9.17, 15) is 0 Å². The monoisotopic (exact) mass is 313 g/mol. The fourth-order valence-electron chi connectivity index (χ4n) is 3.75. The minimum atomic E-state index is 0.523. The van der Waals surface area contributed by atoms with Gasteiger partial charge in [0.15, 0.2) is 0 Å². The molecule has 1 aromatic carbocycles. The molecule has 2 aliphatic heterocycles. The van der Waals surface area contributed by atoms with E-state index in [4.69, 9.17) is 27.9 Å². The second-order valence-electron chi connectivity index (χ2n) is 5.89. The molecule has 4 atom stereocenters. The summed E-state index contributed by atoms with van der Waals surface area (Å²) >= 11 is 12.2. The van der Waals surface area contributed by atoms with Gasteiger partial charge in [0.25, 0.3) is 0 Å². The zero-order valence-electron chi connectivity index (χ0n) is 11.7. The Morgan fingerprint density at radius 2 is 2.10 bits per heavy atom. The average Bonchev–Trinajstić information content (AvgIpc) is 2.83. The van der Waals surface area contributed by atoms with Gasteiger partial charge in [-0.05, 0) is 49.8 Å². The van der Waals surface area contributed by atoms with Crippen molar-refractivity contribution in [3.63, 3.8) is 0 Å². The Kier molecular flexibility index (Phi) is 4.56. The third-order valence-corrected chi connectivity index (χ3v) is 5.47. The summed E-state index contributed by atoms with van der Waals surface area (Å²) in [6.07, 6.45) is 3.72. The molecule has 0 saturated carbocycles. The van der Waals surface area contributed by atoms with Crippen LogP contribution in [0.1, 0.15) is 37.7 Å². The van der Waals surface area contributed by atoms with E-state index < -0.39 is 0 Å². The highest BCUT2D eigenvalue weighted by Crippen LogP contribution is 2.42. The van der Waals surface area contributed by atoms with E-state index in [2.05, 4.69) is 18.3 Å². The van der Waals surface area contributed by atoms with E-state index in [1.807, 2.05) is 12.1 Å². The first kappa shape index (κ1) is 14.6. The maximum atomic E-state index is 6.19. The largest absolute Gasteiger partial charge is 0.381 e. The van der Waals surface area contributed by atoms with Crippen LogP contribution in [0.2, 0.25) is 10.0 Å². The van der Waals surface area contributed by atoms with Gasteiger partial charge in [-0.15, -0.1) is 0 Å². The van der Waals surface area contributed by atoms with Crippen molar-refractivity contribution in [2.45, 2.75) is 44.2 Å². The Morgan fingerprint density at radius 3 is 2.85 bits per heavy atom. The zero-order valence-corrected chi connectivity index (χ0v) is 13.3. The van der Waals surface area contributed by atoms with Gasteiger partial charge in [0, 0.05) is 24.6 Å². The van der Waals surface area contributed by atoms with E-state index in [0.717, 1.165) is 13.2 Å². The lowest BCUT2D eigenvalue weighted by Gasteiger charge is -2.38. The molecular weight excluding hydrogens is 293 g/mol. The topological polar surface area (TPSA) is 21.3 Å². The molecule has 2 aliphatic rings. The molecule has 2 bridgehead atoms. The zero-order chi connectivity index (χ0) is 14.1. The van der Waals surface area contributed by atoms with Gasteiger partial charge in [0.2, 0.25) is 0 Å². The lowest BCUT2D eigenvalue weighted by molar-refractivity contribution is 0.0723. The van der Waals surface area contributed by atoms with Crippen molar-refractivity contribution in [3.8, 4) is 0 Å².